The number of unbranched alkanes of at least 4 members (excludes halogenated alkanes) is 3. The summed E-state index contributed by atoms with van der Waals surface area (Å²) in [4.78, 5) is 19.5. The van der Waals surface area contributed by atoms with E-state index in [1.54, 1.807) is 18.2 Å². The van der Waals surface area contributed by atoms with Crippen LogP contribution in [-0.4, -0.2) is 67.0 Å². The van der Waals surface area contributed by atoms with E-state index in [-0.39, 0.29) is 29.2 Å². The summed E-state index contributed by atoms with van der Waals surface area (Å²) >= 11 is 5.98. The molecule has 1 aromatic heterocycles. The number of pyridine rings is 1. The molecule has 0 aliphatic carbocycles. The second-order valence-electron chi connectivity index (χ2n) is 10.2. The van der Waals surface area contributed by atoms with E-state index >= 15 is 0 Å². The number of fused-ring (bicyclic) bond motifs is 1. The predicted molar refractivity (Wildman–Crippen MR) is 162 cm³/mol. The molecule has 42 heavy (non-hydrogen) atoms. The molecule has 9 nitrogen and oxygen atoms in total. The van der Waals surface area contributed by atoms with E-state index in [1.165, 1.54) is 30.5 Å². The number of anilines is 3. The van der Waals surface area contributed by atoms with Crippen LogP contribution < -0.4 is 15.4 Å². The largest absolute Gasteiger partial charge is 0.486 e. The van der Waals surface area contributed by atoms with Crippen molar-refractivity contribution in [3.05, 3.63) is 65.1 Å². The van der Waals surface area contributed by atoms with Crippen molar-refractivity contribution in [2.45, 2.75) is 38.2 Å². The van der Waals surface area contributed by atoms with Crippen molar-refractivity contribution in [1.82, 2.24) is 9.88 Å². The zero-order valence-corrected chi connectivity index (χ0v) is 24.3. The number of aromatic nitrogens is 1. The van der Waals surface area contributed by atoms with Gasteiger partial charge in [0.15, 0.2) is 0 Å². The van der Waals surface area contributed by atoms with Crippen molar-refractivity contribution in [2.75, 3.05) is 50.6 Å². The average molecular weight is 596 g/mol. The molecule has 0 saturated carbocycles. The van der Waals surface area contributed by atoms with Gasteiger partial charge in [-0.1, -0.05) is 30.5 Å². The zero-order valence-electron chi connectivity index (χ0n) is 23.5. The highest BCUT2D eigenvalue weighted by atomic mass is 35.5. The first kappa shape index (κ1) is 31.2. The SMILES string of the molecule is CN(C/C=C/C(=O)Nc1cc2c(Nc3ccc(F)c(Cl)c3)c(C#N)cnc2cc1O[C@H]1CCOC1)CCCCCCO. The third-order valence-corrected chi connectivity index (χ3v) is 7.14. The Hall–Kier alpha value is -3.75. The van der Waals surface area contributed by atoms with Gasteiger partial charge in [-0.2, -0.15) is 5.26 Å². The molecule has 3 N–H and O–H groups in total. The number of halogens is 2. The lowest BCUT2D eigenvalue weighted by Gasteiger charge is -2.18. The molecule has 1 saturated heterocycles. The summed E-state index contributed by atoms with van der Waals surface area (Å²) in [5.74, 6) is -0.447. The van der Waals surface area contributed by atoms with Crippen LogP contribution in [0.5, 0.6) is 5.75 Å². The number of ether oxygens (including phenoxy) is 2. The number of aliphatic hydroxyl groups is 1. The van der Waals surface area contributed by atoms with Crippen LogP contribution in [0.2, 0.25) is 5.02 Å². The number of nitriles is 1. The molecule has 2 aromatic carbocycles. The van der Waals surface area contributed by atoms with Gasteiger partial charge in [-0.05, 0) is 50.7 Å². The highest BCUT2D eigenvalue weighted by Gasteiger charge is 2.21. The van der Waals surface area contributed by atoms with Crippen LogP contribution in [0.25, 0.3) is 10.9 Å². The molecule has 0 radical (unpaired) electrons. The normalized spacial score (nSPS) is 14.9. The Morgan fingerprint density at radius 1 is 1.31 bits per heavy atom. The van der Waals surface area contributed by atoms with Crippen LogP contribution in [0.3, 0.4) is 0 Å². The third-order valence-electron chi connectivity index (χ3n) is 6.85. The van der Waals surface area contributed by atoms with E-state index in [2.05, 4.69) is 26.6 Å². The van der Waals surface area contributed by atoms with Crippen LogP contribution in [-0.2, 0) is 9.53 Å². The smallest absolute Gasteiger partial charge is 0.248 e. The van der Waals surface area contributed by atoms with Gasteiger partial charge in [0.1, 0.15) is 23.7 Å². The molecule has 1 aliphatic rings. The van der Waals surface area contributed by atoms with Gasteiger partial charge in [-0.3, -0.25) is 9.78 Å². The van der Waals surface area contributed by atoms with E-state index in [9.17, 15) is 14.4 Å². The molecular weight excluding hydrogens is 561 g/mol. The fourth-order valence-corrected chi connectivity index (χ4v) is 4.77. The number of nitrogens with one attached hydrogen (secondary N) is 2. The highest BCUT2D eigenvalue weighted by molar-refractivity contribution is 6.31. The van der Waals surface area contributed by atoms with Crippen LogP contribution >= 0.6 is 11.6 Å². The molecule has 1 amide bonds. The highest BCUT2D eigenvalue weighted by Crippen LogP contribution is 2.37. The van der Waals surface area contributed by atoms with Crippen molar-refractivity contribution in [3.63, 3.8) is 0 Å². The second kappa shape index (κ2) is 15.5. The van der Waals surface area contributed by atoms with Gasteiger partial charge in [0.2, 0.25) is 5.91 Å². The topological polar surface area (TPSA) is 120 Å². The molecule has 222 valence electrons. The van der Waals surface area contributed by atoms with Crippen LogP contribution in [0, 0.1) is 17.1 Å². The molecule has 0 bridgehead atoms. The van der Waals surface area contributed by atoms with Gasteiger partial charge in [0.25, 0.3) is 0 Å². The Bertz CT molecular complexity index is 1460. The van der Waals surface area contributed by atoms with Crippen LogP contribution in [0.1, 0.15) is 37.7 Å². The second-order valence-corrected chi connectivity index (χ2v) is 10.6. The summed E-state index contributed by atoms with van der Waals surface area (Å²) in [6.07, 6.45) is 9.19. The number of rotatable bonds is 14. The molecule has 2 heterocycles. The monoisotopic (exact) mass is 595 g/mol. The lowest BCUT2D eigenvalue weighted by atomic mass is 10.1. The van der Waals surface area contributed by atoms with E-state index in [0.717, 1.165) is 38.6 Å². The predicted octanol–water partition coefficient (Wildman–Crippen LogP) is 5.79. The first-order valence-electron chi connectivity index (χ1n) is 14.0. The fourth-order valence-electron chi connectivity index (χ4n) is 4.59. The van der Waals surface area contributed by atoms with E-state index in [0.29, 0.717) is 53.5 Å². The van der Waals surface area contributed by atoms with E-state index in [1.807, 2.05) is 7.05 Å². The summed E-state index contributed by atoms with van der Waals surface area (Å²) < 4.78 is 25.4. The summed E-state index contributed by atoms with van der Waals surface area (Å²) in [5.41, 5.74) is 2.14. The number of hydrogen-bond acceptors (Lipinski definition) is 8. The Balaban J connectivity index is 1.57. The lowest BCUT2D eigenvalue weighted by Crippen LogP contribution is -2.20. The van der Waals surface area contributed by atoms with Crippen LogP contribution in [0.15, 0.2) is 48.7 Å². The van der Waals surface area contributed by atoms with E-state index in [4.69, 9.17) is 26.2 Å². The standard InChI is InChI=1S/C31H35ClFN5O4/c1-38(11-4-2-3-5-13-39)12-6-7-30(40)37-28-16-24-27(17-29(28)42-23-10-14-41-20-23)35-19-21(18-34)31(24)36-22-8-9-26(33)25(32)15-22/h6-9,15-17,19,23,39H,2-5,10-14,20H2,1H3,(H,35,36)(H,37,40)/b7-6+/t23-/m0/s1. The number of amides is 1. The molecule has 0 unspecified atom stereocenters. The van der Waals surface area contributed by atoms with Gasteiger partial charge in [-0.25, -0.2) is 4.39 Å². The Morgan fingerprint density at radius 3 is 2.88 bits per heavy atom. The number of hydrogen-bond donors (Lipinski definition) is 3. The van der Waals surface area contributed by atoms with Gasteiger partial charge in [0.05, 0.1) is 40.7 Å². The fraction of sp³-hybridized carbons (Fsp3) is 0.387. The number of nitrogens with zero attached hydrogens (tertiary/aromatic N) is 3. The summed E-state index contributed by atoms with van der Waals surface area (Å²) in [5, 5.41) is 25.3. The van der Waals surface area contributed by atoms with Crippen molar-refractivity contribution in [2.24, 2.45) is 0 Å². The first-order valence-corrected chi connectivity index (χ1v) is 14.4. The average Bonchev–Trinajstić information content (AvgIpc) is 3.49. The van der Waals surface area contributed by atoms with Crippen molar-refractivity contribution >= 4 is 45.5 Å². The van der Waals surface area contributed by atoms with Crippen LogP contribution in [0.4, 0.5) is 21.5 Å². The van der Waals surface area contributed by atoms with Gasteiger partial charge >= 0.3 is 0 Å². The number of likely N-dealkylation sites (N-methyl/N-ethyl adjacent to an activating group) is 1. The minimum Gasteiger partial charge on any atom is -0.486 e. The minimum atomic E-state index is -0.553. The summed E-state index contributed by atoms with van der Waals surface area (Å²) in [6.45, 7) is 2.76. The van der Waals surface area contributed by atoms with Crippen molar-refractivity contribution in [3.8, 4) is 11.8 Å². The van der Waals surface area contributed by atoms with E-state index < -0.39 is 5.82 Å². The third kappa shape index (κ3) is 8.63. The molecule has 3 aromatic rings. The minimum absolute atomic E-state index is 0.0570. The zero-order chi connectivity index (χ0) is 29.9. The molecule has 1 aliphatic heterocycles. The van der Waals surface area contributed by atoms with Gasteiger partial charge in [0, 0.05) is 49.0 Å². The number of benzene rings is 2. The summed E-state index contributed by atoms with van der Waals surface area (Å²) in [7, 11) is 2.00. The van der Waals surface area contributed by atoms with Gasteiger partial charge < -0.3 is 30.1 Å². The quantitative estimate of drug-likeness (QED) is 0.158. The van der Waals surface area contributed by atoms with Crippen molar-refractivity contribution < 1.29 is 23.8 Å². The maximum atomic E-state index is 13.7. The first-order chi connectivity index (χ1) is 20.4. The molecule has 11 heteroatoms. The summed E-state index contributed by atoms with van der Waals surface area (Å²) in [6, 6.07) is 9.76. The Morgan fingerprint density at radius 2 is 2.14 bits per heavy atom. The van der Waals surface area contributed by atoms with Crippen molar-refractivity contribution in [1.29, 1.82) is 5.26 Å². The maximum absolute atomic E-state index is 13.7. The Kier molecular flexibility index (Phi) is 11.5. The Labute approximate surface area is 249 Å². The molecular formula is C31H35ClFN5O4. The number of carbonyl (C=O) groups is 1. The lowest BCUT2D eigenvalue weighted by molar-refractivity contribution is -0.111. The molecule has 0 spiro atoms. The number of aliphatic hydroxyl groups excluding tert-OH is 1. The molecule has 1 fully saturated rings. The van der Waals surface area contributed by atoms with Gasteiger partial charge in [-0.15, -0.1) is 0 Å². The number of carbonyl (C=O) groups excluding carboxylic acids is 1. The molecule has 4 rings (SSSR count). The molecule has 1 atom stereocenters. The maximum Gasteiger partial charge on any atom is 0.248 e.